The first-order valence-electron chi connectivity index (χ1n) is 8.43. The van der Waals surface area contributed by atoms with Crippen LogP contribution in [0, 0.1) is 6.92 Å². The number of sulfone groups is 1. The molecule has 1 fully saturated rings. The van der Waals surface area contributed by atoms with E-state index in [9.17, 15) is 13.2 Å². The zero-order valence-corrected chi connectivity index (χ0v) is 16.9. The molecule has 26 heavy (non-hydrogen) atoms. The van der Waals surface area contributed by atoms with Crippen LogP contribution < -0.4 is 10.2 Å². The van der Waals surface area contributed by atoms with Gasteiger partial charge in [0.1, 0.15) is 0 Å². The molecule has 1 aliphatic heterocycles. The van der Waals surface area contributed by atoms with Crippen LogP contribution in [-0.2, 0) is 14.6 Å². The first-order chi connectivity index (χ1) is 12.4. The second-order valence-corrected chi connectivity index (χ2v) is 9.58. The molecule has 0 aromatic heterocycles. The lowest BCUT2D eigenvalue weighted by Crippen LogP contribution is -2.44. The molecule has 0 saturated carbocycles. The molecule has 1 unspecified atom stereocenters. The summed E-state index contributed by atoms with van der Waals surface area (Å²) < 4.78 is 24.7. The quantitative estimate of drug-likeness (QED) is 0.779. The summed E-state index contributed by atoms with van der Waals surface area (Å²) in [6.45, 7) is 2.09. The molecule has 3 rings (SSSR count). The molecule has 1 aliphatic rings. The van der Waals surface area contributed by atoms with Crippen LogP contribution in [0.15, 0.2) is 53.0 Å². The first-order valence-corrected chi connectivity index (χ1v) is 11.0. The molecule has 0 bridgehead atoms. The zero-order valence-electron chi connectivity index (χ0n) is 14.5. The molecule has 1 amide bonds. The van der Waals surface area contributed by atoms with Gasteiger partial charge in [-0.2, -0.15) is 0 Å². The highest BCUT2D eigenvalue weighted by molar-refractivity contribution is 9.10. The third-order valence-corrected chi connectivity index (χ3v) is 6.84. The number of hydrogen-bond donors (Lipinski definition) is 1. The third kappa shape index (κ3) is 4.45. The van der Waals surface area contributed by atoms with Crippen molar-refractivity contribution in [1.82, 2.24) is 0 Å². The van der Waals surface area contributed by atoms with E-state index in [1.807, 2.05) is 55.5 Å². The first kappa shape index (κ1) is 18.9. The average molecular weight is 437 g/mol. The topological polar surface area (TPSA) is 66.5 Å². The fourth-order valence-corrected chi connectivity index (χ4v) is 5.48. The summed E-state index contributed by atoms with van der Waals surface area (Å²) in [5, 5.41) is 3.15. The molecule has 5 nitrogen and oxygen atoms in total. The summed E-state index contributed by atoms with van der Waals surface area (Å²) in [5.74, 6) is -0.00152. The molecule has 0 radical (unpaired) electrons. The van der Waals surface area contributed by atoms with Crippen molar-refractivity contribution >= 4 is 43.0 Å². The van der Waals surface area contributed by atoms with Crippen molar-refractivity contribution < 1.29 is 13.2 Å². The highest BCUT2D eigenvalue weighted by Gasteiger charge is 2.35. The van der Waals surface area contributed by atoms with E-state index in [0.29, 0.717) is 6.42 Å². The number of carbonyl (C=O) groups is 1. The maximum absolute atomic E-state index is 12.9. The Bertz CT molecular complexity index is 900. The van der Waals surface area contributed by atoms with Gasteiger partial charge in [-0.3, -0.25) is 4.79 Å². The Kier molecular flexibility index (Phi) is 5.67. The van der Waals surface area contributed by atoms with Gasteiger partial charge in [0.15, 0.2) is 9.84 Å². The zero-order chi connectivity index (χ0) is 18.7. The number of nitrogens with zero attached hydrogens (tertiary/aromatic N) is 1. The summed E-state index contributed by atoms with van der Waals surface area (Å²) in [4.78, 5) is 14.6. The Morgan fingerprint density at radius 3 is 2.58 bits per heavy atom. The number of rotatable bonds is 5. The van der Waals surface area contributed by atoms with Crippen molar-refractivity contribution in [3.63, 3.8) is 0 Å². The fraction of sp³-hybridized carbons (Fsp3) is 0.316. The molecular weight excluding hydrogens is 416 g/mol. The van der Waals surface area contributed by atoms with Gasteiger partial charge in [-0.15, -0.1) is 0 Å². The maximum Gasteiger partial charge on any atom is 0.246 e. The van der Waals surface area contributed by atoms with E-state index in [0.717, 1.165) is 21.4 Å². The Labute approximate surface area is 162 Å². The van der Waals surface area contributed by atoms with Crippen LogP contribution in [0.5, 0.6) is 0 Å². The highest BCUT2D eigenvalue weighted by Crippen LogP contribution is 2.26. The predicted octanol–water partition coefficient (Wildman–Crippen LogP) is 3.39. The maximum atomic E-state index is 12.9. The van der Waals surface area contributed by atoms with Crippen LogP contribution in [0.4, 0.5) is 11.4 Å². The fourth-order valence-electron chi connectivity index (χ4n) is 3.15. The van der Waals surface area contributed by atoms with Gasteiger partial charge in [0.2, 0.25) is 5.91 Å². The van der Waals surface area contributed by atoms with Crippen molar-refractivity contribution in [2.75, 3.05) is 28.3 Å². The van der Waals surface area contributed by atoms with E-state index in [4.69, 9.17) is 0 Å². The van der Waals surface area contributed by atoms with Gasteiger partial charge in [0.05, 0.1) is 24.1 Å². The van der Waals surface area contributed by atoms with Crippen molar-refractivity contribution in [2.45, 2.75) is 19.4 Å². The number of amides is 1. The Balaban J connectivity index is 1.79. The van der Waals surface area contributed by atoms with Crippen LogP contribution in [0.3, 0.4) is 0 Å². The van der Waals surface area contributed by atoms with E-state index >= 15 is 0 Å². The standard InChI is InChI=1S/C19H21BrN2O3S/c1-14-7-8-18(17(20)11-14)21-12-19(23)22(15-5-3-2-4-6-15)16-9-10-26(24,25)13-16/h2-8,11,16,21H,9-10,12-13H2,1H3. The smallest absolute Gasteiger partial charge is 0.246 e. The summed E-state index contributed by atoms with van der Waals surface area (Å²) in [5.41, 5.74) is 2.68. The molecule has 0 spiro atoms. The van der Waals surface area contributed by atoms with Crippen LogP contribution in [0.1, 0.15) is 12.0 Å². The molecule has 2 aromatic carbocycles. The molecule has 0 aliphatic carbocycles. The number of carbonyl (C=O) groups excluding carboxylic acids is 1. The average Bonchev–Trinajstić information content (AvgIpc) is 2.95. The SMILES string of the molecule is Cc1ccc(NCC(=O)N(c2ccccc2)C2CCS(=O)(=O)C2)c(Br)c1. The minimum Gasteiger partial charge on any atom is -0.375 e. The Hall–Kier alpha value is -1.86. The monoisotopic (exact) mass is 436 g/mol. The normalized spacial score (nSPS) is 18.5. The van der Waals surface area contributed by atoms with Gasteiger partial charge < -0.3 is 10.2 Å². The number of aryl methyl sites for hydroxylation is 1. The van der Waals surface area contributed by atoms with Crippen molar-refractivity contribution in [1.29, 1.82) is 0 Å². The summed E-state index contributed by atoms with van der Waals surface area (Å²) in [6, 6.07) is 14.8. The van der Waals surface area contributed by atoms with Gasteiger partial charge in [-0.05, 0) is 59.1 Å². The van der Waals surface area contributed by atoms with E-state index in [-0.39, 0.29) is 30.0 Å². The number of hydrogen-bond acceptors (Lipinski definition) is 4. The third-order valence-electron chi connectivity index (χ3n) is 4.43. The van der Waals surface area contributed by atoms with Crippen LogP contribution in [0.25, 0.3) is 0 Å². The molecule has 138 valence electrons. The summed E-state index contributed by atoms with van der Waals surface area (Å²) >= 11 is 3.49. The van der Waals surface area contributed by atoms with E-state index < -0.39 is 9.84 Å². The molecule has 1 atom stereocenters. The second-order valence-electron chi connectivity index (χ2n) is 6.49. The van der Waals surface area contributed by atoms with Gasteiger partial charge in [-0.25, -0.2) is 8.42 Å². The second kappa shape index (κ2) is 7.80. The molecule has 1 heterocycles. The Morgan fingerprint density at radius 1 is 1.23 bits per heavy atom. The lowest BCUT2D eigenvalue weighted by Gasteiger charge is -2.28. The van der Waals surface area contributed by atoms with Gasteiger partial charge >= 0.3 is 0 Å². The summed E-state index contributed by atoms with van der Waals surface area (Å²) in [6.07, 6.45) is 0.469. The molecular formula is C19H21BrN2O3S. The number of anilines is 2. The number of nitrogens with one attached hydrogen (secondary N) is 1. The highest BCUT2D eigenvalue weighted by atomic mass is 79.9. The molecule has 1 N–H and O–H groups in total. The lowest BCUT2D eigenvalue weighted by atomic mass is 10.1. The van der Waals surface area contributed by atoms with Gasteiger partial charge in [0, 0.05) is 15.8 Å². The lowest BCUT2D eigenvalue weighted by molar-refractivity contribution is -0.117. The largest absolute Gasteiger partial charge is 0.375 e. The number of para-hydroxylation sites is 1. The summed E-state index contributed by atoms with van der Waals surface area (Å²) in [7, 11) is -3.08. The molecule has 7 heteroatoms. The Morgan fingerprint density at radius 2 is 1.96 bits per heavy atom. The number of benzene rings is 2. The van der Waals surface area contributed by atoms with Crippen molar-refractivity contribution in [2.24, 2.45) is 0 Å². The molecule has 1 saturated heterocycles. The number of halogens is 1. The minimum absolute atomic E-state index is 0.0157. The minimum atomic E-state index is -3.08. The molecule has 2 aromatic rings. The van der Waals surface area contributed by atoms with E-state index in [2.05, 4.69) is 21.2 Å². The van der Waals surface area contributed by atoms with E-state index in [1.165, 1.54) is 0 Å². The van der Waals surface area contributed by atoms with Gasteiger partial charge in [-0.1, -0.05) is 24.3 Å². The van der Waals surface area contributed by atoms with Gasteiger partial charge in [0.25, 0.3) is 0 Å². The van der Waals surface area contributed by atoms with Crippen LogP contribution >= 0.6 is 15.9 Å². The van der Waals surface area contributed by atoms with E-state index in [1.54, 1.807) is 4.90 Å². The predicted molar refractivity (Wildman–Crippen MR) is 108 cm³/mol. The van der Waals surface area contributed by atoms with Crippen molar-refractivity contribution in [3.05, 3.63) is 58.6 Å². The van der Waals surface area contributed by atoms with Crippen LogP contribution in [-0.4, -0.2) is 38.4 Å². The van der Waals surface area contributed by atoms with Crippen molar-refractivity contribution in [3.8, 4) is 0 Å². The van der Waals surface area contributed by atoms with Crippen LogP contribution in [0.2, 0.25) is 0 Å².